The van der Waals surface area contributed by atoms with Gasteiger partial charge in [0.2, 0.25) is 5.95 Å². The first kappa shape index (κ1) is 10.1. The minimum absolute atomic E-state index is 0.439. The van der Waals surface area contributed by atoms with Gasteiger partial charge in [0.05, 0.1) is 0 Å². The second kappa shape index (κ2) is 5.61. The van der Waals surface area contributed by atoms with E-state index in [1.807, 2.05) is 0 Å². The van der Waals surface area contributed by atoms with E-state index in [-0.39, 0.29) is 0 Å². The summed E-state index contributed by atoms with van der Waals surface area (Å²) in [6.45, 7) is 2.29. The van der Waals surface area contributed by atoms with Crippen LogP contribution in [0.3, 0.4) is 0 Å². The van der Waals surface area contributed by atoms with Gasteiger partial charge in [0.25, 0.3) is 0 Å². The SMILES string of the molecule is NCCCNCc1ccc(F)nc1. The van der Waals surface area contributed by atoms with Crippen LogP contribution in [-0.2, 0) is 6.54 Å². The minimum atomic E-state index is -0.439. The molecule has 1 aromatic heterocycles. The molecule has 0 aliphatic heterocycles. The number of nitrogens with two attached hydrogens (primary N) is 1. The number of rotatable bonds is 5. The summed E-state index contributed by atoms with van der Waals surface area (Å²) in [5.41, 5.74) is 6.31. The summed E-state index contributed by atoms with van der Waals surface area (Å²) in [7, 11) is 0. The lowest BCUT2D eigenvalue weighted by molar-refractivity contribution is 0.579. The molecule has 13 heavy (non-hydrogen) atoms. The Kier molecular flexibility index (Phi) is 4.35. The lowest BCUT2D eigenvalue weighted by Gasteiger charge is -2.02. The fraction of sp³-hybridized carbons (Fsp3) is 0.444. The van der Waals surface area contributed by atoms with E-state index in [4.69, 9.17) is 5.73 Å². The molecule has 0 saturated carbocycles. The molecule has 1 rings (SSSR count). The molecule has 1 heterocycles. The topological polar surface area (TPSA) is 50.9 Å². The fourth-order valence-corrected chi connectivity index (χ4v) is 0.971. The van der Waals surface area contributed by atoms with Crippen LogP contribution in [0.5, 0.6) is 0 Å². The van der Waals surface area contributed by atoms with Crippen molar-refractivity contribution in [2.75, 3.05) is 13.1 Å². The summed E-state index contributed by atoms with van der Waals surface area (Å²) in [5, 5.41) is 3.18. The van der Waals surface area contributed by atoms with Gasteiger partial charge < -0.3 is 11.1 Å². The number of hydrogen-bond donors (Lipinski definition) is 2. The van der Waals surface area contributed by atoms with Gasteiger partial charge in [-0.3, -0.25) is 0 Å². The Labute approximate surface area is 77.2 Å². The van der Waals surface area contributed by atoms with Crippen molar-refractivity contribution in [2.45, 2.75) is 13.0 Å². The number of nitrogens with one attached hydrogen (secondary N) is 1. The van der Waals surface area contributed by atoms with E-state index < -0.39 is 5.95 Å². The normalized spacial score (nSPS) is 10.3. The molecule has 0 radical (unpaired) electrons. The molecule has 0 amide bonds. The molecule has 0 bridgehead atoms. The molecule has 0 fully saturated rings. The maximum absolute atomic E-state index is 12.4. The van der Waals surface area contributed by atoms with Crippen LogP contribution in [0, 0.1) is 5.95 Å². The van der Waals surface area contributed by atoms with Gasteiger partial charge in [-0.1, -0.05) is 6.07 Å². The third-order valence-corrected chi connectivity index (χ3v) is 1.68. The molecule has 0 atom stereocenters. The number of halogens is 1. The highest BCUT2D eigenvalue weighted by Gasteiger charge is 1.93. The Morgan fingerprint density at radius 2 is 2.31 bits per heavy atom. The second-order valence-corrected chi connectivity index (χ2v) is 2.81. The maximum Gasteiger partial charge on any atom is 0.212 e. The van der Waals surface area contributed by atoms with Crippen LogP contribution in [0.4, 0.5) is 4.39 Å². The smallest absolute Gasteiger partial charge is 0.212 e. The zero-order valence-corrected chi connectivity index (χ0v) is 7.46. The van der Waals surface area contributed by atoms with Crippen molar-refractivity contribution in [3.8, 4) is 0 Å². The van der Waals surface area contributed by atoms with E-state index in [0.29, 0.717) is 13.1 Å². The fourth-order valence-electron chi connectivity index (χ4n) is 0.971. The van der Waals surface area contributed by atoms with E-state index in [1.54, 1.807) is 6.07 Å². The zero-order valence-electron chi connectivity index (χ0n) is 7.46. The van der Waals surface area contributed by atoms with Gasteiger partial charge in [0, 0.05) is 12.7 Å². The van der Waals surface area contributed by atoms with Crippen LogP contribution < -0.4 is 11.1 Å². The van der Waals surface area contributed by atoms with Crippen molar-refractivity contribution in [1.29, 1.82) is 0 Å². The molecular weight excluding hydrogens is 169 g/mol. The number of nitrogens with zero attached hydrogens (tertiary/aromatic N) is 1. The third kappa shape index (κ3) is 3.96. The standard InChI is InChI=1S/C9H14FN3/c10-9-3-2-8(7-13-9)6-12-5-1-4-11/h2-3,7,12H,1,4-6,11H2. The highest BCUT2D eigenvalue weighted by molar-refractivity contribution is 5.08. The predicted octanol–water partition coefficient (Wildman–Crippen LogP) is 0.659. The second-order valence-electron chi connectivity index (χ2n) is 2.81. The molecule has 3 N–H and O–H groups in total. The molecule has 3 nitrogen and oxygen atoms in total. The number of aromatic nitrogens is 1. The molecule has 0 saturated heterocycles. The summed E-state index contributed by atoms with van der Waals surface area (Å²) in [4.78, 5) is 3.55. The number of pyridine rings is 1. The van der Waals surface area contributed by atoms with Gasteiger partial charge in [-0.25, -0.2) is 4.98 Å². The third-order valence-electron chi connectivity index (χ3n) is 1.68. The Hall–Kier alpha value is -1.00. The molecule has 0 unspecified atom stereocenters. The Balaban J connectivity index is 2.25. The van der Waals surface area contributed by atoms with E-state index in [9.17, 15) is 4.39 Å². The van der Waals surface area contributed by atoms with Gasteiger partial charge in [-0.15, -0.1) is 0 Å². The highest BCUT2D eigenvalue weighted by atomic mass is 19.1. The summed E-state index contributed by atoms with van der Waals surface area (Å²) in [5.74, 6) is -0.439. The van der Waals surface area contributed by atoms with Crippen LogP contribution in [0.1, 0.15) is 12.0 Å². The van der Waals surface area contributed by atoms with Gasteiger partial charge in [0.15, 0.2) is 0 Å². The van der Waals surface area contributed by atoms with Crippen molar-refractivity contribution >= 4 is 0 Å². The zero-order chi connectivity index (χ0) is 9.52. The Bertz CT molecular complexity index is 235. The summed E-state index contributed by atoms with van der Waals surface area (Å²) < 4.78 is 12.4. The van der Waals surface area contributed by atoms with Crippen LogP contribution in [-0.4, -0.2) is 18.1 Å². The van der Waals surface area contributed by atoms with Crippen molar-refractivity contribution in [3.63, 3.8) is 0 Å². The van der Waals surface area contributed by atoms with Gasteiger partial charge in [0.1, 0.15) is 0 Å². The van der Waals surface area contributed by atoms with Crippen molar-refractivity contribution in [3.05, 3.63) is 29.8 Å². The monoisotopic (exact) mass is 183 g/mol. The van der Waals surface area contributed by atoms with Gasteiger partial charge in [-0.05, 0) is 31.1 Å². The van der Waals surface area contributed by atoms with Gasteiger partial charge >= 0.3 is 0 Å². The van der Waals surface area contributed by atoms with Crippen molar-refractivity contribution in [2.24, 2.45) is 5.73 Å². The average Bonchev–Trinajstić information content (AvgIpc) is 2.15. The van der Waals surface area contributed by atoms with Gasteiger partial charge in [-0.2, -0.15) is 4.39 Å². The quantitative estimate of drug-likeness (QED) is 0.521. The lowest BCUT2D eigenvalue weighted by Crippen LogP contribution is -2.17. The van der Waals surface area contributed by atoms with Crippen LogP contribution >= 0.6 is 0 Å². The largest absolute Gasteiger partial charge is 0.330 e. The van der Waals surface area contributed by atoms with E-state index >= 15 is 0 Å². The first-order valence-electron chi connectivity index (χ1n) is 4.34. The van der Waals surface area contributed by atoms with Crippen LogP contribution in [0.25, 0.3) is 0 Å². The minimum Gasteiger partial charge on any atom is -0.330 e. The van der Waals surface area contributed by atoms with Crippen molar-refractivity contribution < 1.29 is 4.39 Å². The lowest BCUT2D eigenvalue weighted by atomic mass is 10.3. The summed E-state index contributed by atoms with van der Waals surface area (Å²) in [6, 6.07) is 3.08. The maximum atomic E-state index is 12.4. The molecule has 4 heteroatoms. The van der Waals surface area contributed by atoms with Crippen LogP contribution in [0.2, 0.25) is 0 Å². The first-order chi connectivity index (χ1) is 6.33. The highest BCUT2D eigenvalue weighted by Crippen LogP contribution is 1.97. The molecule has 0 aliphatic rings. The van der Waals surface area contributed by atoms with Crippen LogP contribution in [0.15, 0.2) is 18.3 Å². The molecule has 0 aromatic carbocycles. The molecule has 0 spiro atoms. The molecule has 1 aromatic rings. The van der Waals surface area contributed by atoms with E-state index in [1.165, 1.54) is 12.3 Å². The molecule has 72 valence electrons. The van der Waals surface area contributed by atoms with Crippen molar-refractivity contribution in [1.82, 2.24) is 10.3 Å². The first-order valence-corrected chi connectivity index (χ1v) is 4.34. The predicted molar refractivity (Wildman–Crippen MR) is 49.6 cm³/mol. The Morgan fingerprint density at radius 3 is 2.92 bits per heavy atom. The van der Waals surface area contributed by atoms with E-state index in [0.717, 1.165) is 18.5 Å². The Morgan fingerprint density at radius 1 is 1.46 bits per heavy atom. The average molecular weight is 183 g/mol. The number of hydrogen-bond acceptors (Lipinski definition) is 3. The van der Waals surface area contributed by atoms with E-state index in [2.05, 4.69) is 10.3 Å². The summed E-state index contributed by atoms with van der Waals surface area (Å²) in [6.07, 6.45) is 2.49. The molecule has 0 aliphatic carbocycles. The summed E-state index contributed by atoms with van der Waals surface area (Å²) >= 11 is 0. The molecular formula is C9H14FN3.